The smallest absolute Gasteiger partial charge is 0.123 e. The van der Waals surface area contributed by atoms with Gasteiger partial charge in [0.05, 0.1) is 12.1 Å². The Morgan fingerprint density at radius 2 is 1.82 bits per heavy atom. The molecule has 0 bridgehead atoms. The summed E-state index contributed by atoms with van der Waals surface area (Å²) in [5.41, 5.74) is 7.44. The largest absolute Gasteiger partial charge is 0.390 e. The lowest BCUT2D eigenvalue weighted by Gasteiger charge is -2.24. The van der Waals surface area contributed by atoms with E-state index in [1.54, 1.807) is 12.1 Å². The Morgan fingerprint density at radius 3 is 2.45 bits per heavy atom. The first-order chi connectivity index (χ1) is 10.6. The molecule has 2 atom stereocenters. The minimum Gasteiger partial charge on any atom is -0.390 e. The number of aliphatic hydroxyl groups is 1. The number of nitrogens with zero attached hydrogens (tertiary/aromatic N) is 1. The fraction of sp³-hybridized carbons (Fsp3) is 0.294. The second kappa shape index (κ2) is 5.88. The van der Waals surface area contributed by atoms with Crippen LogP contribution in [0.25, 0.3) is 21.8 Å². The summed E-state index contributed by atoms with van der Waals surface area (Å²) in [6, 6.07) is 10.0. The second-order valence-corrected chi connectivity index (χ2v) is 5.91. The van der Waals surface area contributed by atoms with Gasteiger partial charge >= 0.3 is 0 Å². The zero-order chi connectivity index (χ0) is 15.9. The molecule has 1 heterocycles. The summed E-state index contributed by atoms with van der Waals surface area (Å²) in [4.78, 5) is 0. The molecule has 2 aromatic carbocycles. The first-order valence-electron chi connectivity index (χ1n) is 7.33. The Hall–Kier alpha value is -1.62. The van der Waals surface area contributed by atoms with E-state index in [2.05, 4.69) is 0 Å². The number of benzene rings is 2. The van der Waals surface area contributed by atoms with Crippen LogP contribution < -0.4 is 5.73 Å². The van der Waals surface area contributed by atoms with Crippen LogP contribution in [0.15, 0.2) is 36.4 Å². The second-order valence-electron chi connectivity index (χ2n) is 5.47. The average Bonchev–Trinajstić information content (AvgIpc) is 2.81. The van der Waals surface area contributed by atoms with E-state index in [1.807, 2.05) is 23.6 Å². The summed E-state index contributed by atoms with van der Waals surface area (Å²) >= 11 is 6.10. The highest BCUT2D eigenvalue weighted by atomic mass is 35.5. The van der Waals surface area contributed by atoms with Gasteiger partial charge in [-0.3, -0.25) is 0 Å². The molecule has 5 heteroatoms. The molecule has 22 heavy (non-hydrogen) atoms. The maximum atomic E-state index is 13.7. The van der Waals surface area contributed by atoms with E-state index in [0.29, 0.717) is 5.02 Å². The van der Waals surface area contributed by atoms with Crippen molar-refractivity contribution in [2.45, 2.75) is 25.5 Å². The van der Waals surface area contributed by atoms with Crippen LogP contribution in [0.2, 0.25) is 5.02 Å². The van der Waals surface area contributed by atoms with Gasteiger partial charge < -0.3 is 15.4 Å². The van der Waals surface area contributed by atoms with Crippen LogP contribution in [0.3, 0.4) is 0 Å². The molecule has 0 aliphatic heterocycles. The van der Waals surface area contributed by atoms with Crippen molar-refractivity contribution in [1.29, 1.82) is 0 Å². The quantitative estimate of drug-likeness (QED) is 0.767. The zero-order valence-electron chi connectivity index (χ0n) is 12.3. The SMILES string of the molecule is CC[C@H]([C@H](O)CN)n1c2ccc(F)cc2c2cc(Cl)ccc21. The van der Waals surface area contributed by atoms with Gasteiger partial charge in [0.2, 0.25) is 0 Å². The van der Waals surface area contributed by atoms with Crippen LogP contribution in [0.4, 0.5) is 4.39 Å². The van der Waals surface area contributed by atoms with Crippen molar-refractivity contribution in [1.82, 2.24) is 4.57 Å². The lowest BCUT2D eigenvalue weighted by molar-refractivity contribution is 0.121. The molecule has 0 amide bonds. The average molecular weight is 321 g/mol. The molecule has 0 aliphatic rings. The molecular weight excluding hydrogens is 303 g/mol. The summed E-state index contributed by atoms with van der Waals surface area (Å²) < 4.78 is 15.7. The van der Waals surface area contributed by atoms with Crippen molar-refractivity contribution in [3.05, 3.63) is 47.2 Å². The monoisotopic (exact) mass is 320 g/mol. The Morgan fingerprint density at radius 1 is 1.18 bits per heavy atom. The molecule has 0 unspecified atom stereocenters. The number of aromatic nitrogens is 1. The van der Waals surface area contributed by atoms with Crippen LogP contribution >= 0.6 is 11.6 Å². The van der Waals surface area contributed by atoms with Gasteiger partial charge in [0.25, 0.3) is 0 Å². The van der Waals surface area contributed by atoms with E-state index in [4.69, 9.17) is 17.3 Å². The van der Waals surface area contributed by atoms with Gasteiger partial charge in [-0.15, -0.1) is 0 Å². The molecule has 0 saturated heterocycles. The Balaban J connectivity index is 2.40. The van der Waals surface area contributed by atoms with E-state index < -0.39 is 6.10 Å². The van der Waals surface area contributed by atoms with Crippen LogP contribution in [-0.2, 0) is 0 Å². The molecule has 3 N–H and O–H groups in total. The van der Waals surface area contributed by atoms with Gasteiger partial charge in [-0.05, 0) is 42.8 Å². The first-order valence-corrected chi connectivity index (χ1v) is 7.71. The number of fused-ring (bicyclic) bond motifs is 3. The van der Waals surface area contributed by atoms with Gasteiger partial charge in [-0.1, -0.05) is 18.5 Å². The minimum atomic E-state index is -0.662. The highest BCUT2D eigenvalue weighted by Gasteiger charge is 2.23. The van der Waals surface area contributed by atoms with Gasteiger partial charge in [0.1, 0.15) is 5.82 Å². The topological polar surface area (TPSA) is 51.2 Å². The third kappa shape index (κ3) is 2.37. The predicted octanol–water partition coefficient (Wildman–Crippen LogP) is 3.86. The molecule has 0 aliphatic carbocycles. The number of hydrogen-bond acceptors (Lipinski definition) is 2. The third-order valence-electron chi connectivity index (χ3n) is 4.16. The Kier molecular flexibility index (Phi) is 4.08. The standard InChI is InChI=1S/C17H18ClFN2O/c1-2-14(17(22)9-20)21-15-5-3-10(18)7-12(15)13-8-11(19)4-6-16(13)21/h3-8,14,17,22H,2,9,20H2,1H3/t14-,17-/m1/s1. The fourth-order valence-corrected chi connectivity index (χ4v) is 3.31. The first kappa shape index (κ1) is 15.3. The van der Waals surface area contributed by atoms with Crippen LogP contribution in [0.1, 0.15) is 19.4 Å². The molecule has 1 aromatic heterocycles. The summed E-state index contributed by atoms with van der Waals surface area (Å²) in [6.07, 6.45) is 0.0570. The van der Waals surface area contributed by atoms with Crippen LogP contribution in [0, 0.1) is 5.82 Å². The van der Waals surface area contributed by atoms with E-state index in [1.165, 1.54) is 12.1 Å². The van der Waals surface area contributed by atoms with E-state index in [0.717, 1.165) is 28.2 Å². The maximum absolute atomic E-state index is 13.7. The summed E-state index contributed by atoms with van der Waals surface area (Å²) in [5, 5.41) is 12.5. The number of nitrogens with two attached hydrogens (primary N) is 1. The van der Waals surface area contributed by atoms with E-state index in [9.17, 15) is 9.50 Å². The van der Waals surface area contributed by atoms with Crippen molar-refractivity contribution in [3.8, 4) is 0 Å². The van der Waals surface area contributed by atoms with Crippen molar-refractivity contribution in [2.24, 2.45) is 5.73 Å². The molecule has 3 aromatic rings. The molecular formula is C17H18ClFN2O. The predicted molar refractivity (Wildman–Crippen MR) is 88.8 cm³/mol. The molecule has 116 valence electrons. The van der Waals surface area contributed by atoms with E-state index >= 15 is 0 Å². The van der Waals surface area contributed by atoms with Crippen molar-refractivity contribution in [3.63, 3.8) is 0 Å². The molecule has 0 fully saturated rings. The van der Waals surface area contributed by atoms with Gasteiger partial charge in [-0.25, -0.2) is 4.39 Å². The normalized spacial score (nSPS) is 14.6. The van der Waals surface area contributed by atoms with Crippen molar-refractivity contribution >= 4 is 33.4 Å². The molecule has 3 rings (SSSR count). The summed E-state index contributed by atoms with van der Waals surface area (Å²) in [5.74, 6) is -0.293. The highest BCUT2D eigenvalue weighted by Crippen LogP contribution is 2.35. The zero-order valence-corrected chi connectivity index (χ0v) is 13.0. The lowest BCUT2D eigenvalue weighted by Crippen LogP contribution is -2.30. The molecule has 0 spiro atoms. The minimum absolute atomic E-state index is 0.170. The Bertz CT molecular complexity index is 771. The summed E-state index contributed by atoms with van der Waals surface area (Å²) in [6.45, 7) is 2.18. The van der Waals surface area contributed by atoms with Crippen molar-refractivity contribution in [2.75, 3.05) is 6.54 Å². The number of aliphatic hydroxyl groups excluding tert-OH is 1. The number of hydrogen-bond donors (Lipinski definition) is 2. The Labute approximate surface area is 133 Å². The van der Waals surface area contributed by atoms with E-state index in [-0.39, 0.29) is 18.4 Å². The number of rotatable bonds is 4. The lowest BCUT2D eigenvalue weighted by atomic mass is 10.1. The molecule has 0 radical (unpaired) electrons. The van der Waals surface area contributed by atoms with Gasteiger partial charge in [0, 0.05) is 33.4 Å². The highest BCUT2D eigenvalue weighted by molar-refractivity contribution is 6.31. The van der Waals surface area contributed by atoms with Gasteiger partial charge in [-0.2, -0.15) is 0 Å². The fourth-order valence-electron chi connectivity index (χ4n) is 3.14. The van der Waals surface area contributed by atoms with Crippen LogP contribution in [0.5, 0.6) is 0 Å². The summed E-state index contributed by atoms with van der Waals surface area (Å²) in [7, 11) is 0. The maximum Gasteiger partial charge on any atom is 0.123 e. The number of halogens is 2. The molecule has 3 nitrogen and oxygen atoms in total. The van der Waals surface area contributed by atoms with Gasteiger partial charge in [0.15, 0.2) is 0 Å². The third-order valence-corrected chi connectivity index (χ3v) is 4.40. The van der Waals surface area contributed by atoms with Crippen molar-refractivity contribution < 1.29 is 9.50 Å². The van der Waals surface area contributed by atoms with Crippen LogP contribution in [-0.4, -0.2) is 22.3 Å². The molecule has 0 saturated carbocycles.